The number of benzene rings is 2. The van der Waals surface area contributed by atoms with E-state index in [0.717, 1.165) is 43.6 Å². The predicted octanol–water partition coefficient (Wildman–Crippen LogP) is 3.23. The van der Waals surface area contributed by atoms with E-state index in [-0.39, 0.29) is 11.5 Å². The van der Waals surface area contributed by atoms with Crippen molar-refractivity contribution in [3.63, 3.8) is 0 Å². The number of nitrogens with one attached hydrogen (secondary N) is 2. The first kappa shape index (κ1) is 22.1. The predicted molar refractivity (Wildman–Crippen MR) is 129 cm³/mol. The Hall–Kier alpha value is -3.69. The van der Waals surface area contributed by atoms with Gasteiger partial charge in [0.25, 0.3) is 5.91 Å². The minimum absolute atomic E-state index is 0.192. The van der Waals surface area contributed by atoms with Crippen LogP contribution in [-0.4, -0.2) is 57.0 Å². The van der Waals surface area contributed by atoms with Gasteiger partial charge in [-0.2, -0.15) is 0 Å². The van der Waals surface area contributed by atoms with E-state index in [0.29, 0.717) is 22.8 Å². The summed E-state index contributed by atoms with van der Waals surface area (Å²) in [5.41, 5.74) is 4.18. The molecule has 1 aliphatic heterocycles. The molecule has 9 heteroatoms. The highest BCUT2D eigenvalue weighted by molar-refractivity contribution is 6.03. The lowest BCUT2D eigenvalue weighted by atomic mass is 10.1. The van der Waals surface area contributed by atoms with Gasteiger partial charge in [-0.05, 0) is 67.4 Å². The Kier molecular flexibility index (Phi) is 6.04. The molecule has 0 radical (unpaired) electrons. The van der Waals surface area contributed by atoms with E-state index in [4.69, 9.17) is 0 Å². The van der Waals surface area contributed by atoms with Gasteiger partial charge in [0.1, 0.15) is 11.6 Å². The molecule has 5 rings (SSSR count). The number of carbonyl (C=O) groups is 1. The minimum Gasteiger partial charge on any atom is -0.314 e. The Balaban J connectivity index is 1.32. The molecule has 0 aliphatic carbocycles. The maximum atomic E-state index is 13.5. The zero-order chi connectivity index (χ0) is 23.7. The second-order valence-corrected chi connectivity index (χ2v) is 8.57. The van der Waals surface area contributed by atoms with Crippen LogP contribution >= 0.6 is 0 Å². The lowest BCUT2D eigenvalue weighted by Crippen LogP contribution is -2.42. The van der Waals surface area contributed by atoms with Crippen molar-refractivity contribution in [2.75, 3.05) is 31.5 Å². The van der Waals surface area contributed by atoms with Gasteiger partial charge in [0, 0.05) is 38.1 Å². The highest BCUT2D eigenvalue weighted by atomic mass is 19.1. The summed E-state index contributed by atoms with van der Waals surface area (Å²) in [7, 11) is 0. The Labute approximate surface area is 196 Å². The summed E-state index contributed by atoms with van der Waals surface area (Å²) in [4.78, 5) is 19.9. The summed E-state index contributed by atoms with van der Waals surface area (Å²) in [5.74, 6) is -0.278. The topological polar surface area (TPSA) is 88.0 Å². The van der Waals surface area contributed by atoms with Crippen molar-refractivity contribution in [2.24, 2.45) is 0 Å². The van der Waals surface area contributed by atoms with E-state index >= 15 is 0 Å². The molecule has 1 aliphatic rings. The van der Waals surface area contributed by atoms with E-state index in [1.807, 2.05) is 12.1 Å². The zero-order valence-corrected chi connectivity index (χ0v) is 19.2. The molecule has 0 spiro atoms. The summed E-state index contributed by atoms with van der Waals surface area (Å²) >= 11 is 0. The van der Waals surface area contributed by atoms with Crippen LogP contribution < -0.4 is 10.6 Å². The van der Waals surface area contributed by atoms with Gasteiger partial charge in [0.15, 0.2) is 5.69 Å². The molecule has 1 saturated heterocycles. The molecule has 4 aromatic rings. The Morgan fingerprint density at radius 3 is 2.71 bits per heavy atom. The number of nitrogens with zero attached hydrogens (tertiary/aromatic N) is 5. The molecule has 2 N–H and O–H groups in total. The molecule has 2 aromatic heterocycles. The molecule has 1 amide bonds. The summed E-state index contributed by atoms with van der Waals surface area (Å²) in [6.45, 7) is 8.60. The number of piperazine rings is 1. The van der Waals surface area contributed by atoms with Gasteiger partial charge in [-0.3, -0.25) is 9.69 Å². The first-order valence-corrected chi connectivity index (χ1v) is 11.3. The number of pyridine rings is 1. The lowest BCUT2D eigenvalue weighted by molar-refractivity contribution is 0.102. The third kappa shape index (κ3) is 4.52. The highest BCUT2D eigenvalue weighted by Crippen LogP contribution is 2.21. The molecule has 0 atom stereocenters. The second-order valence-electron chi connectivity index (χ2n) is 8.57. The number of hydrogen-bond acceptors (Lipinski definition) is 6. The van der Waals surface area contributed by atoms with Crippen LogP contribution in [0.1, 0.15) is 27.3 Å². The van der Waals surface area contributed by atoms with Gasteiger partial charge in [-0.1, -0.05) is 11.3 Å². The van der Waals surface area contributed by atoms with E-state index in [9.17, 15) is 9.18 Å². The molecule has 8 nitrogen and oxygen atoms in total. The van der Waals surface area contributed by atoms with Crippen LogP contribution in [-0.2, 0) is 6.54 Å². The van der Waals surface area contributed by atoms with Crippen molar-refractivity contribution >= 4 is 22.6 Å². The van der Waals surface area contributed by atoms with Crippen molar-refractivity contribution in [3.05, 3.63) is 76.9 Å². The number of amides is 1. The van der Waals surface area contributed by atoms with Crippen LogP contribution in [0, 0.1) is 19.7 Å². The molecule has 1 fully saturated rings. The number of aromatic nitrogens is 4. The summed E-state index contributed by atoms with van der Waals surface area (Å²) in [6, 6.07) is 14.4. The lowest BCUT2D eigenvalue weighted by Gasteiger charge is -2.27. The van der Waals surface area contributed by atoms with Gasteiger partial charge in [0.05, 0.1) is 16.9 Å². The summed E-state index contributed by atoms with van der Waals surface area (Å²) in [5, 5.41) is 15.4. The van der Waals surface area contributed by atoms with Crippen molar-refractivity contribution < 1.29 is 9.18 Å². The van der Waals surface area contributed by atoms with Crippen LogP contribution in [0.4, 0.5) is 10.2 Å². The van der Waals surface area contributed by atoms with Gasteiger partial charge in [0.2, 0.25) is 0 Å². The number of halogens is 1. The smallest absolute Gasteiger partial charge is 0.279 e. The molecule has 0 bridgehead atoms. The number of anilines is 1. The van der Waals surface area contributed by atoms with Gasteiger partial charge < -0.3 is 10.6 Å². The Morgan fingerprint density at radius 1 is 1.09 bits per heavy atom. The average Bonchev–Trinajstić information content (AvgIpc) is 3.21. The third-order valence-electron chi connectivity index (χ3n) is 6.11. The van der Waals surface area contributed by atoms with Crippen LogP contribution in [0.5, 0.6) is 0 Å². The molecule has 3 heterocycles. The molecule has 0 saturated carbocycles. The monoisotopic (exact) mass is 459 g/mol. The number of hydrogen-bond donors (Lipinski definition) is 2. The van der Waals surface area contributed by atoms with Gasteiger partial charge >= 0.3 is 0 Å². The normalized spacial score (nSPS) is 14.4. The molecule has 0 unspecified atom stereocenters. The van der Waals surface area contributed by atoms with Crippen LogP contribution in [0.3, 0.4) is 0 Å². The molecule has 34 heavy (non-hydrogen) atoms. The van der Waals surface area contributed by atoms with Gasteiger partial charge in [-0.15, -0.1) is 5.10 Å². The zero-order valence-electron chi connectivity index (χ0n) is 19.2. The highest BCUT2D eigenvalue weighted by Gasteiger charge is 2.19. The van der Waals surface area contributed by atoms with E-state index < -0.39 is 5.91 Å². The maximum Gasteiger partial charge on any atom is 0.279 e. The quantitative estimate of drug-likeness (QED) is 0.477. The molecule has 2 aromatic carbocycles. The Morgan fingerprint density at radius 2 is 1.91 bits per heavy atom. The van der Waals surface area contributed by atoms with Crippen LogP contribution in [0.15, 0.2) is 48.5 Å². The van der Waals surface area contributed by atoms with Gasteiger partial charge in [-0.25, -0.2) is 14.1 Å². The fourth-order valence-electron chi connectivity index (χ4n) is 4.27. The first-order chi connectivity index (χ1) is 16.5. The number of aryl methyl sites for hydroxylation is 1. The van der Waals surface area contributed by atoms with Crippen LogP contribution in [0.2, 0.25) is 0 Å². The van der Waals surface area contributed by atoms with E-state index in [1.165, 1.54) is 22.4 Å². The summed E-state index contributed by atoms with van der Waals surface area (Å²) in [6.07, 6.45) is 0. The fraction of sp³-hybridized carbons (Fsp3) is 0.280. The van der Waals surface area contributed by atoms with Crippen molar-refractivity contribution in [2.45, 2.75) is 20.4 Å². The Bertz CT molecular complexity index is 1360. The number of fused-ring (bicyclic) bond motifs is 1. The fourth-order valence-corrected chi connectivity index (χ4v) is 4.27. The second kappa shape index (κ2) is 9.28. The molecule has 174 valence electrons. The van der Waals surface area contributed by atoms with Crippen LogP contribution in [0.25, 0.3) is 16.6 Å². The van der Waals surface area contributed by atoms with Crippen molar-refractivity contribution in [1.29, 1.82) is 0 Å². The minimum atomic E-state index is -0.398. The van der Waals surface area contributed by atoms with E-state index in [1.54, 1.807) is 26.0 Å². The SMILES string of the molecule is Cc1cc(F)ccc1-n1nnc(C(=O)Nc2ccc3cc(CN4CCNCC4)ccc3n2)c1C. The largest absolute Gasteiger partial charge is 0.314 e. The van der Waals surface area contributed by atoms with E-state index in [2.05, 4.69) is 43.0 Å². The maximum absolute atomic E-state index is 13.5. The number of carbonyl (C=O) groups excluding carboxylic acids is 1. The van der Waals surface area contributed by atoms with Crippen molar-refractivity contribution in [1.82, 2.24) is 30.2 Å². The first-order valence-electron chi connectivity index (χ1n) is 11.3. The number of rotatable bonds is 5. The standard InChI is InChI=1S/C25H26FN7O/c1-16-13-20(26)5-7-22(16)33-17(2)24(30-31-33)25(34)29-23-8-4-19-14-18(3-6-21(19)28-23)15-32-11-9-27-10-12-32/h3-8,13-14,27H,9-12,15H2,1-2H3,(H,28,29,34). The molecular formula is C25H26FN7O. The molecular weight excluding hydrogens is 433 g/mol. The third-order valence-corrected chi connectivity index (χ3v) is 6.11. The summed E-state index contributed by atoms with van der Waals surface area (Å²) < 4.78 is 15.0. The average molecular weight is 460 g/mol. The van der Waals surface area contributed by atoms with Crippen molar-refractivity contribution in [3.8, 4) is 5.69 Å².